The largest absolute Gasteiger partial charge is 0.317 e. The molecular weight excluding hydrogens is 160 g/mol. The van der Waals surface area contributed by atoms with Crippen molar-refractivity contribution >= 4 is 0 Å². The van der Waals surface area contributed by atoms with Gasteiger partial charge in [0.15, 0.2) is 0 Å². The Hall–Kier alpha value is -0.0800. The summed E-state index contributed by atoms with van der Waals surface area (Å²) in [5, 5.41) is 7.16. The molecule has 1 aliphatic rings. The molecule has 2 nitrogen and oxygen atoms in total. The van der Waals surface area contributed by atoms with E-state index in [1.165, 1.54) is 38.8 Å². The van der Waals surface area contributed by atoms with Crippen LogP contribution in [0.2, 0.25) is 0 Å². The first-order valence-corrected chi connectivity index (χ1v) is 5.65. The van der Waals surface area contributed by atoms with Crippen LogP contribution in [-0.2, 0) is 0 Å². The fourth-order valence-electron chi connectivity index (χ4n) is 2.22. The van der Waals surface area contributed by atoms with Gasteiger partial charge in [-0.2, -0.15) is 0 Å². The van der Waals surface area contributed by atoms with E-state index in [4.69, 9.17) is 0 Å². The summed E-state index contributed by atoms with van der Waals surface area (Å²) in [4.78, 5) is 0. The lowest BCUT2D eigenvalue weighted by Gasteiger charge is -2.37. The Labute approximate surface area is 82.5 Å². The summed E-state index contributed by atoms with van der Waals surface area (Å²) in [5.41, 5.74) is 0.389. The first kappa shape index (κ1) is 11.0. The number of hydrogen-bond donors (Lipinski definition) is 2. The lowest BCUT2D eigenvalue weighted by Crippen LogP contribution is -2.53. The fraction of sp³-hybridized carbons (Fsp3) is 1.00. The van der Waals surface area contributed by atoms with Crippen LogP contribution in [0.4, 0.5) is 0 Å². The van der Waals surface area contributed by atoms with Gasteiger partial charge < -0.3 is 10.6 Å². The van der Waals surface area contributed by atoms with Gasteiger partial charge in [-0.1, -0.05) is 13.3 Å². The monoisotopic (exact) mass is 184 g/mol. The van der Waals surface area contributed by atoms with Gasteiger partial charge in [0.05, 0.1) is 0 Å². The quantitative estimate of drug-likeness (QED) is 0.697. The molecule has 13 heavy (non-hydrogen) atoms. The van der Waals surface area contributed by atoms with E-state index in [9.17, 15) is 0 Å². The van der Waals surface area contributed by atoms with E-state index in [1.54, 1.807) is 0 Å². The van der Waals surface area contributed by atoms with Gasteiger partial charge in [0.1, 0.15) is 0 Å². The van der Waals surface area contributed by atoms with Crippen molar-refractivity contribution in [1.29, 1.82) is 0 Å². The second-order valence-electron chi connectivity index (χ2n) is 4.64. The summed E-state index contributed by atoms with van der Waals surface area (Å²) in [6.45, 7) is 9.25. The van der Waals surface area contributed by atoms with Crippen molar-refractivity contribution in [2.45, 2.75) is 58.0 Å². The van der Waals surface area contributed by atoms with Crippen LogP contribution in [0.25, 0.3) is 0 Å². The maximum absolute atomic E-state index is 3.76. The molecule has 0 aliphatic carbocycles. The molecule has 1 fully saturated rings. The minimum atomic E-state index is 0.389. The van der Waals surface area contributed by atoms with Gasteiger partial charge in [-0.05, 0) is 46.2 Å². The molecule has 2 heteroatoms. The second-order valence-corrected chi connectivity index (χ2v) is 4.64. The molecule has 1 unspecified atom stereocenters. The number of piperidine rings is 1. The highest BCUT2D eigenvalue weighted by molar-refractivity contribution is 4.89. The second kappa shape index (κ2) is 4.97. The predicted molar refractivity (Wildman–Crippen MR) is 58.0 cm³/mol. The van der Waals surface area contributed by atoms with Crippen molar-refractivity contribution in [1.82, 2.24) is 10.6 Å². The molecule has 0 saturated carbocycles. The Balaban J connectivity index is 2.31. The van der Waals surface area contributed by atoms with E-state index in [-0.39, 0.29) is 0 Å². The van der Waals surface area contributed by atoms with Crippen LogP contribution in [0, 0.1) is 0 Å². The van der Waals surface area contributed by atoms with Gasteiger partial charge in [-0.25, -0.2) is 0 Å². The van der Waals surface area contributed by atoms with Crippen molar-refractivity contribution in [2.75, 3.05) is 13.1 Å². The van der Waals surface area contributed by atoms with Crippen LogP contribution >= 0.6 is 0 Å². The van der Waals surface area contributed by atoms with Gasteiger partial charge in [0.2, 0.25) is 0 Å². The summed E-state index contributed by atoms with van der Waals surface area (Å²) >= 11 is 0. The van der Waals surface area contributed by atoms with Crippen LogP contribution in [0.3, 0.4) is 0 Å². The Bertz CT molecular complexity index is 139. The van der Waals surface area contributed by atoms with E-state index in [0.29, 0.717) is 11.6 Å². The van der Waals surface area contributed by atoms with Crippen LogP contribution in [-0.4, -0.2) is 24.7 Å². The highest BCUT2D eigenvalue weighted by Crippen LogP contribution is 2.18. The molecule has 0 amide bonds. The van der Waals surface area contributed by atoms with Crippen LogP contribution in [0.5, 0.6) is 0 Å². The Kier molecular flexibility index (Phi) is 4.20. The lowest BCUT2D eigenvalue weighted by atomic mass is 9.89. The highest BCUT2D eigenvalue weighted by Gasteiger charge is 2.27. The molecule has 2 N–H and O–H groups in total. The molecule has 0 aromatic rings. The minimum absolute atomic E-state index is 0.389. The minimum Gasteiger partial charge on any atom is -0.317 e. The van der Waals surface area contributed by atoms with E-state index in [0.717, 1.165) is 0 Å². The fourth-order valence-corrected chi connectivity index (χ4v) is 2.22. The topological polar surface area (TPSA) is 24.1 Å². The highest BCUT2D eigenvalue weighted by atomic mass is 15.0. The number of rotatable bonds is 4. The Morgan fingerprint density at radius 2 is 2.00 bits per heavy atom. The Morgan fingerprint density at radius 1 is 1.38 bits per heavy atom. The number of hydrogen-bond acceptors (Lipinski definition) is 2. The summed E-state index contributed by atoms with van der Waals surface area (Å²) in [6.07, 6.45) is 5.10. The summed E-state index contributed by atoms with van der Waals surface area (Å²) in [5.74, 6) is 0. The molecule has 0 radical (unpaired) electrons. The van der Waals surface area contributed by atoms with E-state index in [1.807, 2.05) is 0 Å². The Morgan fingerprint density at radius 3 is 2.54 bits per heavy atom. The van der Waals surface area contributed by atoms with E-state index in [2.05, 4.69) is 31.4 Å². The SMILES string of the molecule is CCCC(C)NC1(C)CCNCC1. The predicted octanol–water partition coefficient (Wildman–Crippen LogP) is 1.91. The van der Waals surface area contributed by atoms with Crippen LogP contribution < -0.4 is 10.6 Å². The van der Waals surface area contributed by atoms with Gasteiger partial charge in [0, 0.05) is 11.6 Å². The molecular formula is C11H24N2. The molecule has 1 rings (SSSR count). The molecule has 0 aromatic carbocycles. The first-order chi connectivity index (χ1) is 6.16. The molecule has 1 aliphatic heterocycles. The standard InChI is InChI=1S/C11H24N2/c1-4-5-10(2)13-11(3)6-8-12-9-7-11/h10,12-13H,4-9H2,1-3H3. The van der Waals surface area contributed by atoms with Crippen LogP contribution in [0.1, 0.15) is 46.5 Å². The van der Waals surface area contributed by atoms with Gasteiger partial charge in [-0.15, -0.1) is 0 Å². The van der Waals surface area contributed by atoms with E-state index >= 15 is 0 Å². The zero-order valence-corrected chi connectivity index (χ0v) is 9.32. The molecule has 1 saturated heterocycles. The summed E-state index contributed by atoms with van der Waals surface area (Å²) in [6, 6.07) is 0.674. The van der Waals surface area contributed by atoms with Gasteiger partial charge in [0.25, 0.3) is 0 Å². The molecule has 1 heterocycles. The molecule has 0 aromatic heterocycles. The smallest absolute Gasteiger partial charge is 0.0179 e. The molecule has 1 atom stereocenters. The lowest BCUT2D eigenvalue weighted by molar-refractivity contribution is 0.239. The first-order valence-electron chi connectivity index (χ1n) is 5.65. The molecule has 0 spiro atoms. The van der Waals surface area contributed by atoms with Crippen molar-refractivity contribution in [3.63, 3.8) is 0 Å². The molecule has 78 valence electrons. The van der Waals surface area contributed by atoms with Crippen molar-refractivity contribution in [3.05, 3.63) is 0 Å². The summed E-state index contributed by atoms with van der Waals surface area (Å²) < 4.78 is 0. The average molecular weight is 184 g/mol. The van der Waals surface area contributed by atoms with Gasteiger partial charge >= 0.3 is 0 Å². The van der Waals surface area contributed by atoms with E-state index < -0.39 is 0 Å². The van der Waals surface area contributed by atoms with Crippen molar-refractivity contribution in [2.24, 2.45) is 0 Å². The molecule has 0 bridgehead atoms. The van der Waals surface area contributed by atoms with Crippen molar-refractivity contribution < 1.29 is 0 Å². The normalized spacial score (nSPS) is 24.2. The third kappa shape index (κ3) is 3.65. The zero-order valence-electron chi connectivity index (χ0n) is 9.32. The zero-order chi connectivity index (χ0) is 9.73. The maximum Gasteiger partial charge on any atom is 0.0179 e. The summed E-state index contributed by atoms with van der Waals surface area (Å²) in [7, 11) is 0. The third-order valence-corrected chi connectivity index (χ3v) is 3.02. The number of nitrogens with one attached hydrogen (secondary N) is 2. The average Bonchev–Trinajstić information content (AvgIpc) is 2.04. The van der Waals surface area contributed by atoms with Gasteiger partial charge in [-0.3, -0.25) is 0 Å². The maximum atomic E-state index is 3.76. The van der Waals surface area contributed by atoms with Crippen LogP contribution in [0.15, 0.2) is 0 Å². The van der Waals surface area contributed by atoms with Crippen molar-refractivity contribution in [3.8, 4) is 0 Å². The third-order valence-electron chi connectivity index (χ3n) is 3.02.